The number of ketones is 1. The molecule has 1 unspecified atom stereocenters. The molecule has 7 heteroatoms. The molecular weight excluding hydrogens is 420 g/mol. The van der Waals surface area contributed by atoms with Gasteiger partial charge in [0.25, 0.3) is 11.7 Å². The van der Waals surface area contributed by atoms with Crippen molar-refractivity contribution in [3.8, 4) is 11.5 Å². The van der Waals surface area contributed by atoms with E-state index >= 15 is 0 Å². The summed E-state index contributed by atoms with van der Waals surface area (Å²) >= 11 is 0. The van der Waals surface area contributed by atoms with E-state index in [4.69, 9.17) is 9.47 Å². The van der Waals surface area contributed by atoms with Crippen LogP contribution in [0.4, 0.5) is 5.69 Å². The van der Waals surface area contributed by atoms with Crippen molar-refractivity contribution in [3.05, 3.63) is 59.2 Å². The lowest BCUT2D eigenvalue weighted by Crippen LogP contribution is -2.30. The second-order valence-corrected chi connectivity index (χ2v) is 8.22. The van der Waals surface area contributed by atoms with Crippen LogP contribution in [0.3, 0.4) is 0 Å². The minimum Gasteiger partial charge on any atom is -0.506 e. The predicted molar refractivity (Wildman–Crippen MR) is 129 cm³/mol. The number of ether oxygens (including phenoxy) is 2. The molecular formula is C26H32N2O5. The molecule has 1 N–H and O–H groups in total. The zero-order valence-corrected chi connectivity index (χ0v) is 19.9. The summed E-state index contributed by atoms with van der Waals surface area (Å²) in [7, 11) is 6.85. The number of methoxy groups -OCH3 is 2. The highest BCUT2D eigenvalue weighted by atomic mass is 16.5. The maximum atomic E-state index is 13.2. The van der Waals surface area contributed by atoms with E-state index in [1.165, 1.54) is 14.2 Å². The molecule has 1 atom stereocenters. The number of unbranched alkanes of at least 4 members (excludes halogenated alkanes) is 2. The van der Waals surface area contributed by atoms with Crippen molar-refractivity contribution in [1.82, 2.24) is 4.90 Å². The molecule has 33 heavy (non-hydrogen) atoms. The predicted octanol–water partition coefficient (Wildman–Crippen LogP) is 4.38. The van der Waals surface area contributed by atoms with Gasteiger partial charge < -0.3 is 24.4 Å². The lowest BCUT2D eigenvalue weighted by Gasteiger charge is -2.26. The van der Waals surface area contributed by atoms with Gasteiger partial charge in [-0.15, -0.1) is 0 Å². The molecule has 1 saturated heterocycles. The highest BCUT2D eigenvalue weighted by Gasteiger charge is 2.46. The fraction of sp³-hybridized carbons (Fsp3) is 0.385. The van der Waals surface area contributed by atoms with Gasteiger partial charge in [-0.2, -0.15) is 0 Å². The van der Waals surface area contributed by atoms with Crippen molar-refractivity contribution in [2.45, 2.75) is 32.2 Å². The van der Waals surface area contributed by atoms with Gasteiger partial charge in [0.1, 0.15) is 22.8 Å². The Balaban J connectivity index is 2.21. The summed E-state index contributed by atoms with van der Waals surface area (Å²) in [5.74, 6) is -0.916. The SMILES string of the molecule is CCCCCN1C(=O)C(=O)/C(=C(/O)c2c(OC)cccc2OC)C1c1ccc(N(C)C)cc1. The van der Waals surface area contributed by atoms with Crippen molar-refractivity contribution < 1.29 is 24.2 Å². The lowest BCUT2D eigenvalue weighted by atomic mass is 9.94. The normalized spacial score (nSPS) is 17.4. The molecule has 0 radical (unpaired) electrons. The number of nitrogens with zero attached hydrogens (tertiary/aromatic N) is 2. The number of Topliss-reactive ketones (excluding diaryl/α,β-unsaturated/α-hetero) is 1. The molecule has 1 amide bonds. The average molecular weight is 453 g/mol. The van der Waals surface area contributed by atoms with Crippen molar-refractivity contribution in [2.75, 3.05) is 39.8 Å². The third kappa shape index (κ3) is 4.67. The van der Waals surface area contributed by atoms with Crippen LogP contribution < -0.4 is 14.4 Å². The first-order valence-corrected chi connectivity index (χ1v) is 11.1. The smallest absolute Gasteiger partial charge is 0.295 e. The van der Waals surface area contributed by atoms with Gasteiger partial charge in [0, 0.05) is 26.3 Å². The summed E-state index contributed by atoms with van der Waals surface area (Å²) < 4.78 is 10.9. The molecule has 1 aliphatic rings. The van der Waals surface area contributed by atoms with Gasteiger partial charge in [-0.25, -0.2) is 0 Å². The maximum absolute atomic E-state index is 13.2. The van der Waals surface area contributed by atoms with E-state index in [0.29, 0.717) is 18.0 Å². The molecule has 0 aromatic heterocycles. The Morgan fingerprint density at radius 1 is 1.00 bits per heavy atom. The monoisotopic (exact) mass is 452 g/mol. The van der Waals surface area contributed by atoms with E-state index in [2.05, 4.69) is 6.92 Å². The van der Waals surface area contributed by atoms with Crippen molar-refractivity contribution in [3.63, 3.8) is 0 Å². The Labute approximate surface area is 195 Å². The van der Waals surface area contributed by atoms with E-state index in [1.54, 1.807) is 23.1 Å². The highest BCUT2D eigenvalue weighted by molar-refractivity contribution is 6.46. The Morgan fingerprint density at radius 2 is 1.61 bits per heavy atom. The van der Waals surface area contributed by atoms with E-state index in [0.717, 1.165) is 30.5 Å². The summed E-state index contributed by atoms with van der Waals surface area (Å²) in [5, 5.41) is 11.4. The molecule has 2 aromatic carbocycles. The number of hydrogen-bond donors (Lipinski definition) is 1. The van der Waals surface area contributed by atoms with Crippen LogP contribution in [0.2, 0.25) is 0 Å². The van der Waals surface area contributed by atoms with Crippen LogP contribution in [0.25, 0.3) is 5.76 Å². The Morgan fingerprint density at radius 3 is 2.12 bits per heavy atom. The zero-order valence-electron chi connectivity index (χ0n) is 19.9. The molecule has 7 nitrogen and oxygen atoms in total. The molecule has 3 rings (SSSR count). The van der Waals surface area contributed by atoms with Gasteiger partial charge in [-0.3, -0.25) is 9.59 Å². The van der Waals surface area contributed by atoms with E-state index in [-0.39, 0.29) is 16.9 Å². The first kappa shape index (κ1) is 24.2. The molecule has 0 bridgehead atoms. The number of carbonyl (C=O) groups excluding carboxylic acids is 2. The van der Waals surface area contributed by atoms with Gasteiger partial charge in [-0.05, 0) is 36.2 Å². The molecule has 0 aliphatic carbocycles. The summed E-state index contributed by atoms with van der Waals surface area (Å²) in [6.07, 6.45) is 2.70. The summed E-state index contributed by atoms with van der Waals surface area (Å²) in [4.78, 5) is 29.8. The van der Waals surface area contributed by atoms with Crippen LogP contribution >= 0.6 is 0 Å². The van der Waals surface area contributed by atoms with Crippen molar-refractivity contribution in [2.24, 2.45) is 0 Å². The molecule has 1 heterocycles. The van der Waals surface area contributed by atoms with Gasteiger partial charge in [-0.1, -0.05) is 38.0 Å². The summed E-state index contributed by atoms with van der Waals surface area (Å²) in [6.45, 7) is 2.51. The molecule has 176 valence electrons. The van der Waals surface area contributed by atoms with Crippen LogP contribution in [0.5, 0.6) is 11.5 Å². The van der Waals surface area contributed by atoms with Crippen LogP contribution in [0.15, 0.2) is 48.0 Å². The topological polar surface area (TPSA) is 79.3 Å². The van der Waals surface area contributed by atoms with Crippen molar-refractivity contribution in [1.29, 1.82) is 0 Å². The maximum Gasteiger partial charge on any atom is 0.295 e. The number of hydrogen-bond acceptors (Lipinski definition) is 6. The van der Waals surface area contributed by atoms with Crippen molar-refractivity contribution >= 4 is 23.1 Å². The van der Waals surface area contributed by atoms with Gasteiger partial charge in [0.2, 0.25) is 0 Å². The Kier molecular flexibility index (Phi) is 7.63. The lowest BCUT2D eigenvalue weighted by molar-refractivity contribution is -0.139. The number of rotatable bonds is 9. The number of carbonyl (C=O) groups is 2. The molecule has 2 aromatic rings. The number of aliphatic hydroxyl groups excluding tert-OH is 1. The summed E-state index contributed by atoms with van der Waals surface area (Å²) in [5.41, 5.74) is 2.04. The number of benzene rings is 2. The quantitative estimate of drug-likeness (QED) is 0.263. The molecule has 1 fully saturated rings. The Hall–Kier alpha value is -3.48. The highest BCUT2D eigenvalue weighted by Crippen LogP contribution is 2.43. The third-order valence-corrected chi connectivity index (χ3v) is 5.93. The van der Waals surface area contributed by atoms with Crippen LogP contribution in [0, 0.1) is 0 Å². The second-order valence-electron chi connectivity index (χ2n) is 8.22. The zero-order chi connectivity index (χ0) is 24.1. The molecule has 0 saturated carbocycles. The largest absolute Gasteiger partial charge is 0.506 e. The number of aliphatic hydroxyl groups is 1. The fourth-order valence-electron chi connectivity index (χ4n) is 4.16. The van der Waals surface area contributed by atoms with E-state index in [1.807, 2.05) is 43.3 Å². The molecule has 1 aliphatic heterocycles. The van der Waals surface area contributed by atoms with Gasteiger partial charge >= 0.3 is 0 Å². The van der Waals surface area contributed by atoms with E-state index in [9.17, 15) is 14.7 Å². The standard InChI is InChI=1S/C26H32N2O5/c1-6-7-8-16-28-23(17-12-14-18(15-13-17)27(2)3)22(25(30)26(28)31)24(29)21-19(32-4)10-9-11-20(21)33-5/h9-15,23,29H,6-8,16H2,1-5H3/b24-22+. The van der Waals surface area contributed by atoms with Crippen LogP contribution in [-0.2, 0) is 9.59 Å². The second kappa shape index (κ2) is 10.4. The minimum absolute atomic E-state index is 0.0388. The first-order chi connectivity index (χ1) is 15.8. The van der Waals surface area contributed by atoms with Gasteiger partial charge in [0.15, 0.2) is 0 Å². The summed E-state index contributed by atoms with van der Waals surface area (Å²) in [6, 6.07) is 12.0. The Bertz CT molecular complexity index is 1020. The third-order valence-electron chi connectivity index (χ3n) is 5.93. The van der Waals surface area contributed by atoms with E-state index < -0.39 is 17.7 Å². The first-order valence-electron chi connectivity index (χ1n) is 11.1. The molecule has 0 spiro atoms. The van der Waals surface area contributed by atoms with Crippen LogP contribution in [0.1, 0.15) is 43.4 Å². The number of amides is 1. The minimum atomic E-state index is -0.710. The van der Waals surface area contributed by atoms with Gasteiger partial charge in [0.05, 0.1) is 25.8 Å². The number of anilines is 1. The number of likely N-dealkylation sites (tertiary alicyclic amines) is 1. The average Bonchev–Trinajstić information content (AvgIpc) is 3.08. The van der Waals surface area contributed by atoms with Crippen LogP contribution in [-0.4, -0.2) is 56.6 Å². The fourth-order valence-corrected chi connectivity index (χ4v) is 4.16.